The predicted molar refractivity (Wildman–Crippen MR) is 69.5 cm³/mol. The number of anilines is 1. The second-order valence-electron chi connectivity index (χ2n) is 4.45. The van der Waals surface area contributed by atoms with Crippen molar-refractivity contribution in [3.8, 4) is 0 Å². The number of nitrogens with zero attached hydrogens (tertiary/aromatic N) is 3. The Balaban J connectivity index is 2.07. The quantitative estimate of drug-likeness (QED) is 0.900. The average molecular weight is 244 g/mol. The average Bonchev–Trinajstić information content (AvgIpc) is 2.76. The van der Waals surface area contributed by atoms with Crippen LogP contribution in [-0.4, -0.2) is 20.9 Å². The van der Waals surface area contributed by atoms with Gasteiger partial charge >= 0.3 is 0 Å². The summed E-state index contributed by atoms with van der Waals surface area (Å²) in [5.74, 6) is 0.232. The van der Waals surface area contributed by atoms with Crippen molar-refractivity contribution in [3.05, 3.63) is 41.7 Å². The Bertz CT molecular complexity index is 542. The van der Waals surface area contributed by atoms with Crippen LogP contribution in [-0.2, 0) is 7.05 Å². The summed E-state index contributed by atoms with van der Waals surface area (Å²) in [5, 5.41) is 10.6. The molecule has 2 rings (SSSR count). The van der Waals surface area contributed by atoms with Gasteiger partial charge in [0.05, 0.1) is 6.20 Å². The van der Waals surface area contributed by atoms with Crippen LogP contribution in [0.4, 0.5) is 5.69 Å². The molecule has 18 heavy (non-hydrogen) atoms. The van der Waals surface area contributed by atoms with Crippen molar-refractivity contribution < 1.29 is 4.79 Å². The summed E-state index contributed by atoms with van der Waals surface area (Å²) in [6, 6.07) is 7.81. The van der Waals surface area contributed by atoms with Crippen LogP contribution in [0.2, 0.25) is 0 Å². The SMILES string of the molecule is CC(C)c1ccc(NC(=O)c2cnn(C)n2)cc1. The third kappa shape index (κ3) is 2.74. The maximum atomic E-state index is 11.8. The Morgan fingerprint density at radius 2 is 1.94 bits per heavy atom. The van der Waals surface area contributed by atoms with Crippen LogP contribution in [0.3, 0.4) is 0 Å². The lowest BCUT2D eigenvalue weighted by molar-refractivity contribution is 0.102. The molecule has 2 aromatic rings. The lowest BCUT2D eigenvalue weighted by Gasteiger charge is -2.07. The Morgan fingerprint density at radius 1 is 1.28 bits per heavy atom. The molecule has 0 radical (unpaired) electrons. The molecule has 1 heterocycles. The van der Waals surface area contributed by atoms with Crippen molar-refractivity contribution in [2.24, 2.45) is 7.05 Å². The molecular weight excluding hydrogens is 228 g/mol. The van der Waals surface area contributed by atoms with Gasteiger partial charge in [0.1, 0.15) is 0 Å². The summed E-state index contributed by atoms with van der Waals surface area (Å²) in [4.78, 5) is 13.2. The number of hydrogen-bond donors (Lipinski definition) is 1. The number of carbonyl (C=O) groups is 1. The van der Waals surface area contributed by atoms with Crippen LogP contribution in [0.5, 0.6) is 0 Å². The molecule has 94 valence electrons. The molecule has 1 aromatic carbocycles. The number of aromatic nitrogens is 3. The van der Waals surface area contributed by atoms with Crippen molar-refractivity contribution in [1.29, 1.82) is 0 Å². The predicted octanol–water partition coefficient (Wildman–Crippen LogP) is 2.19. The van der Waals surface area contributed by atoms with Crippen molar-refractivity contribution in [1.82, 2.24) is 15.0 Å². The monoisotopic (exact) mass is 244 g/mol. The maximum Gasteiger partial charge on any atom is 0.277 e. The largest absolute Gasteiger partial charge is 0.321 e. The topological polar surface area (TPSA) is 59.8 Å². The van der Waals surface area contributed by atoms with Gasteiger partial charge in [-0.2, -0.15) is 9.90 Å². The van der Waals surface area contributed by atoms with Gasteiger partial charge < -0.3 is 5.32 Å². The fraction of sp³-hybridized carbons (Fsp3) is 0.308. The third-order valence-corrected chi connectivity index (χ3v) is 2.67. The number of nitrogens with one attached hydrogen (secondary N) is 1. The minimum Gasteiger partial charge on any atom is -0.321 e. The van der Waals surface area contributed by atoms with Crippen molar-refractivity contribution >= 4 is 11.6 Å². The van der Waals surface area contributed by atoms with E-state index in [0.717, 1.165) is 5.69 Å². The van der Waals surface area contributed by atoms with E-state index < -0.39 is 0 Å². The number of benzene rings is 1. The summed E-state index contributed by atoms with van der Waals surface area (Å²) < 4.78 is 0. The number of amides is 1. The number of carbonyl (C=O) groups excluding carboxylic acids is 1. The van der Waals surface area contributed by atoms with E-state index in [9.17, 15) is 4.79 Å². The zero-order chi connectivity index (χ0) is 13.1. The molecule has 1 N–H and O–H groups in total. The van der Waals surface area contributed by atoms with E-state index >= 15 is 0 Å². The maximum absolute atomic E-state index is 11.8. The molecular formula is C13H16N4O. The number of rotatable bonds is 3. The van der Waals surface area contributed by atoms with Crippen LogP contribution in [0.1, 0.15) is 35.8 Å². The van der Waals surface area contributed by atoms with Gasteiger partial charge in [0.2, 0.25) is 0 Å². The van der Waals surface area contributed by atoms with Gasteiger partial charge in [-0.3, -0.25) is 4.79 Å². The molecule has 0 aliphatic carbocycles. The fourth-order valence-electron chi connectivity index (χ4n) is 1.60. The summed E-state index contributed by atoms with van der Waals surface area (Å²) in [7, 11) is 1.67. The molecule has 0 aliphatic heterocycles. The Labute approximate surface area is 106 Å². The van der Waals surface area contributed by atoms with Gasteiger partial charge in [0, 0.05) is 12.7 Å². The molecule has 0 unspecified atom stereocenters. The van der Waals surface area contributed by atoms with E-state index in [0.29, 0.717) is 11.6 Å². The summed E-state index contributed by atoms with van der Waals surface area (Å²) in [5.41, 5.74) is 2.31. The van der Waals surface area contributed by atoms with E-state index in [1.54, 1.807) is 7.05 Å². The minimum absolute atomic E-state index is 0.250. The van der Waals surface area contributed by atoms with Crippen molar-refractivity contribution in [3.63, 3.8) is 0 Å². The molecule has 0 aliphatic rings. The minimum atomic E-state index is -0.250. The fourth-order valence-corrected chi connectivity index (χ4v) is 1.60. The van der Waals surface area contributed by atoms with E-state index in [1.807, 2.05) is 24.3 Å². The van der Waals surface area contributed by atoms with Gasteiger partial charge in [0.25, 0.3) is 5.91 Å². The molecule has 5 heteroatoms. The van der Waals surface area contributed by atoms with Gasteiger partial charge in [-0.05, 0) is 23.6 Å². The van der Waals surface area contributed by atoms with Crippen LogP contribution >= 0.6 is 0 Å². The highest BCUT2D eigenvalue weighted by atomic mass is 16.2. The Hall–Kier alpha value is -2.17. The highest BCUT2D eigenvalue weighted by molar-refractivity contribution is 6.02. The highest BCUT2D eigenvalue weighted by Crippen LogP contribution is 2.17. The lowest BCUT2D eigenvalue weighted by Crippen LogP contribution is -2.13. The Morgan fingerprint density at radius 3 is 2.44 bits per heavy atom. The lowest BCUT2D eigenvalue weighted by atomic mass is 10.0. The first-order valence-electron chi connectivity index (χ1n) is 5.84. The molecule has 0 fully saturated rings. The summed E-state index contributed by atoms with van der Waals surface area (Å²) >= 11 is 0. The molecule has 1 aromatic heterocycles. The summed E-state index contributed by atoms with van der Waals surface area (Å²) in [6.07, 6.45) is 1.44. The van der Waals surface area contributed by atoms with Gasteiger partial charge in [0.15, 0.2) is 5.69 Å². The van der Waals surface area contributed by atoms with Crippen molar-refractivity contribution in [2.45, 2.75) is 19.8 Å². The highest BCUT2D eigenvalue weighted by Gasteiger charge is 2.09. The molecule has 0 bridgehead atoms. The number of hydrogen-bond acceptors (Lipinski definition) is 3. The Kier molecular flexibility index (Phi) is 3.41. The van der Waals surface area contributed by atoms with E-state index in [-0.39, 0.29) is 5.91 Å². The third-order valence-electron chi connectivity index (χ3n) is 2.67. The van der Waals surface area contributed by atoms with Crippen LogP contribution < -0.4 is 5.32 Å². The van der Waals surface area contributed by atoms with Crippen molar-refractivity contribution in [2.75, 3.05) is 5.32 Å². The van der Waals surface area contributed by atoms with E-state index in [2.05, 4.69) is 29.4 Å². The molecule has 0 spiro atoms. The first-order chi connectivity index (χ1) is 8.56. The first kappa shape index (κ1) is 12.3. The first-order valence-corrected chi connectivity index (χ1v) is 5.84. The van der Waals surface area contributed by atoms with E-state index in [4.69, 9.17) is 0 Å². The molecule has 0 atom stereocenters. The van der Waals surface area contributed by atoms with Crippen LogP contribution in [0.25, 0.3) is 0 Å². The smallest absolute Gasteiger partial charge is 0.277 e. The zero-order valence-corrected chi connectivity index (χ0v) is 10.7. The molecule has 0 saturated heterocycles. The second kappa shape index (κ2) is 5.00. The van der Waals surface area contributed by atoms with Crippen LogP contribution in [0.15, 0.2) is 30.5 Å². The molecule has 0 saturated carbocycles. The van der Waals surface area contributed by atoms with Gasteiger partial charge in [-0.1, -0.05) is 26.0 Å². The molecule has 5 nitrogen and oxygen atoms in total. The normalized spacial score (nSPS) is 10.7. The summed E-state index contributed by atoms with van der Waals surface area (Å²) in [6.45, 7) is 4.26. The number of aryl methyl sites for hydroxylation is 1. The van der Waals surface area contributed by atoms with Crippen LogP contribution in [0, 0.1) is 0 Å². The van der Waals surface area contributed by atoms with Gasteiger partial charge in [-0.15, -0.1) is 5.10 Å². The second-order valence-corrected chi connectivity index (χ2v) is 4.45. The van der Waals surface area contributed by atoms with E-state index in [1.165, 1.54) is 16.6 Å². The standard InChI is InChI=1S/C13H16N4O/c1-9(2)10-4-6-11(7-5-10)15-13(18)12-8-14-17(3)16-12/h4-9H,1-3H3,(H,15,18). The zero-order valence-electron chi connectivity index (χ0n) is 10.7. The van der Waals surface area contributed by atoms with Gasteiger partial charge in [-0.25, -0.2) is 0 Å². The molecule has 1 amide bonds.